The van der Waals surface area contributed by atoms with Gasteiger partial charge in [0.05, 0.1) is 4.88 Å². The fourth-order valence-corrected chi connectivity index (χ4v) is 2.80. The summed E-state index contributed by atoms with van der Waals surface area (Å²) in [7, 11) is 1.62. The predicted molar refractivity (Wildman–Crippen MR) is 69.5 cm³/mol. The van der Waals surface area contributed by atoms with Gasteiger partial charge in [0.25, 0.3) is 0 Å². The van der Waals surface area contributed by atoms with E-state index in [1.807, 2.05) is 18.4 Å². The maximum Gasteiger partial charge on any atom is 0.352 e. The van der Waals surface area contributed by atoms with Crippen LogP contribution in [0.4, 0.5) is 0 Å². The van der Waals surface area contributed by atoms with Crippen molar-refractivity contribution in [3.8, 4) is 0 Å². The van der Waals surface area contributed by atoms with Crippen molar-refractivity contribution in [2.45, 2.75) is 13.3 Å². The van der Waals surface area contributed by atoms with Gasteiger partial charge in [-0.05, 0) is 29.5 Å². The Bertz CT molecular complexity index is 610. The van der Waals surface area contributed by atoms with Gasteiger partial charge in [-0.2, -0.15) is 0 Å². The van der Waals surface area contributed by atoms with Gasteiger partial charge in [-0.1, -0.05) is 6.92 Å². The van der Waals surface area contributed by atoms with Crippen molar-refractivity contribution in [1.29, 1.82) is 0 Å². The van der Waals surface area contributed by atoms with Crippen molar-refractivity contribution in [2.24, 2.45) is 7.05 Å². The first-order valence-electron chi connectivity index (χ1n) is 5.55. The second-order valence-electron chi connectivity index (χ2n) is 3.99. The molecule has 0 saturated heterocycles. The quantitative estimate of drug-likeness (QED) is 0.862. The lowest BCUT2D eigenvalue weighted by Crippen LogP contribution is -2.02. The SMILES string of the molecule is CCc1ccsc1C(=O)c1cc(C(=O)O)n(C)c1. The van der Waals surface area contributed by atoms with Gasteiger partial charge in [0.2, 0.25) is 5.78 Å². The van der Waals surface area contributed by atoms with Crippen LogP contribution in [0.15, 0.2) is 23.7 Å². The predicted octanol–water partition coefficient (Wildman–Crippen LogP) is 2.58. The molecule has 2 heterocycles. The Morgan fingerprint density at radius 3 is 2.72 bits per heavy atom. The Kier molecular flexibility index (Phi) is 3.34. The molecule has 0 amide bonds. The van der Waals surface area contributed by atoms with Gasteiger partial charge in [0.1, 0.15) is 5.69 Å². The lowest BCUT2D eigenvalue weighted by molar-refractivity contribution is 0.0686. The number of carbonyl (C=O) groups excluding carboxylic acids is 1. The molecule has 0 aliphatic rings. The third-order valence-corrected chi connectivity index (χ3v) is 3.78. The van der Waals surface area contributed by atoms with E-state index in [1.54, 1.807) is 13.2 Å². The van der Waals surface area contributed by atoms with E-state index in [0.717, 1.165) is 12.0 Å². The molecule has 0 atom stereocenters. The molecule has 0 unspecified atom stereocenters. The van der Waals surface area contributed by atoms with E-state index < -0.39 is 5.97 Å². The number of rotatable bonds is 4. The summed E-state index contributed by atoms with van der Waals surface area (Å²) in [6.07, 6.45) is 2.36. The molecule has 94 valence electrons. The number of carbonyl (C=O) groups is 2. The molecule has 2 aromatic rings. The van der Waals surface area contributed by atoms with Gasteiger partial charge in [-0.15, -0.1) is 11.3 Å². The molecule has 0 saturated carbocycles. The van der Waals surface area contributed by atoms with E-state index in [2.05, 4.69) is 0 Å². The highest BCUT2D eigenvalue weighted by Crippen LogP contribution is 2.22. The first-order chi connectivity index (χ1) is 8.54. The molecule has 5 heteroatoms. The van der Waals surface area contributed by atoms with Crippen LogP contribution in [0.5, 0.6) is 0 Å². The molecule has 0 fully saturated rings. The summed E-state index contributed by atoms with van der Waals surface area (Å²) in [6.45, 7) is 1.99. The molecule has 0 aliphatic heterocycles. The third kappa shape index (κ3) is 2.09. The Labute approximate surface area is 108 Å². The van der Waals surface area contributed by atoms with E-state index >= 15 is 0 Å². The van der Waals surface area contributed by atoms with Crippen LogP contribution in [0.3, 0.4) is 0 Å². The molecular weight excluding hydrogens is 250 g/mol. The monoisotopic (exact) mass is 263 g/mol. The standard InChI is InChI=1S/C13H13NO3S/c1-3-8-4-5-18-12(8)11(15)9-6-10(13(16)17)14(2)7-9/h4-7H,3H2,1-2H3,(H,16,17). The zero-order chi connectivity index (χ0) is 13.3. The molecule has 0 aliphatic carbocycles. The van der Waals surface area contributed by atoms with E-state index in [-0.39, 0.29) is 11.5 Å². The van der Waals surface area contributed by atoms with E-state index in [1.165, 1.54) is 22.0 Å². The second-order valence-corrected chi connectivity index (χ2v) is 4.90. The molecule has 0 bridgehead atoms. The summed E-state index contributed by atoms with van der Waals surface area (Å²) in [6, 6.07) is 3.35. The summed E-state index contributed by atoms with van der Waals surface area (Å²) < 4.78 is 1.45. The first kappa shape index (κ1) is 12.6. The second kappa shape index (κ2) is 4.78. The number of aromatic nitrogens is 1. The summed E-state index contributed by atoms with van der Waals surface area (Å²) in [5.41, 5.74) is 1.55. The Hall–Kier alpha value is -1.88. The van der Waals surface area contributed by atoms with E-state index in [9.17, 15) is 9.59 Å². The third-order valence-electron chi connectivity index (χ3n) is 2.82. The number of hydrogen-bond acceptors (Lipinski definition) is 3. The summed E-state index contributed by atoms with van der Waals surface area (Å²) in [5.74, 6) is -1.14. The molecule has 2 rings (SSSR count). The fourth-order valence-electron chi connectivity index (χ4n) is 1.85. The van der Waals surface area contributed by atoms with Crippen molar-refractivity contribution in [2.75, 3.05) is 0 Å². The lowest BCUT2D eigenvalue weighted by atomic mass is 10.1. The molecule has 0 radical (unpaired) electrons. The average Bonchev–Trinajstić information content (AvgIpc) is 2.93. The Morgan fingerprint density at radius 2 is 2.17 bits per heavy atom. The van der Waals surface area contributed by atoms with Gasteiger partial charge >= 0.3 is 5.97 Å². The van der Waals surface area contributed by atoms with Crippen molar-refractivity contribution in [1.82, 2.24) is 4.57 Å². The minimum absolute atomic E-state index is 0.107. The number of carboxylic acid groups (broad SMARTS) is 1. The van der Waals surface area contributed by atoms with Gasteiger partial charge in [0, 0.05) is 18.8 Å². The van der Waals surface area contributed by atoms with Crippen molar-refractivity contribution in [3.63, 3.8) is 0 Å². The number of thiophene rings is 1. The molecule has 0 aromatic carbocycles. The Balaban J connectivity index is 2.41. The number of nitrogens with zero attached hydrogens (tertiary/aromatic N) is 1. The normalized spacial score (nSPS) is 10.6. The number of hydrogen-bond donors (Lipinski definition) is 1. The molecule has 0 spiro atoms. The van der Waals surface area contributed by atoms with Gasteiger partial charge in [-0.25, -0.2) is 4.79 Å². The molecule has 2 aromatic heterocycles. The zero-order valence-electron chi connectivity index (χ0n) is 10.1. The van der Waals surface area contributed by atoms with Crippen LogP contribution in [0, 0.1) is 0 Å². The van der Waals surface area contributed by atoms with Crippen LogP contribution in [-0.2, 0) is 13.5 Å². The number of carboxylic acids is 1. The van der Waals surface area contributed by atoms with Gasteiger partial charge in [-0.3, -0.25) is 4.79 Å². The van der Waals surface area contributed by atoms with E-state index in [0.29, 0.717) is 10.4 Å². The smallest absolute Gasteiger partial charge is 0.352 e. The maximum atomic E-state index is 12.3. The van der Waals surface area contributed by atoms with Crippen molar-refractivity contribution < 1.29 is 14.7 Å². The van der Waals surface area contributed by atoms with Crippen LogP contribution < -0.4 is 0 Å². The maximum absolute atomic E-state index is 12.3. The van der Waals surface area contributed by atoms with Crippen LogP contribution in [0.1, 0.15) is 38.2 Å². The van der Waals surface area contributed by atoms with Crippen LogP contribution >= 0.6 is 11.3 Å². The number of aromatic carboxylic acids is 1. The largest absolute Gasteiger partial charge is 0.477 e. The summed E-state index contributed by atoms with van der Waals surface area (Å²) in [5, 5.41) is 10.8. The minimum Gasteiger partial charge on any atom is -0.477 e. The van der Waals surface area contributed by atoms with Crippen LogP contribution in [0.2, 0.25) is 0 Å². The molecule has 4 nitrogen and oxygen atoms in total. The van der Waals surface area contributed by atoms with Crippen molar-refractivity contribution in [3.05, 3.63) is 45.4 Å². The number of aryl methyl sites for hydroxylation is 2. The first-order valence-corrected chi connectivity index (χ1v) is 6.43. The summed E-state index contributed by atoms with van der Waals surface area (Å²) >= 11 is 1.39. The van der Waals surface area contributed by atoms with Gasteiger partial charge < -0.3 is 9.67 Å². The lowest BCUT2D eigenvalue weighted by Gasteiger charge is -1.97. The summed E-state index contributed by atoms with van der Waals surface area (Å²) in [4.78, 5) is 23.9. The Morgan fingerprint density at radius 1 is 1.44 bits per heavy atom. The van der Waals surface area contributed by atoms with Crippen LogP contribution in [-0.4, -0.2) is 21.4 Å². The van der Waals surface area contributed by atoms with Gasteiger partial charge in [0.15, 0.2) is 0 Å². The van der Waals surface area contributed by atoms with Crippen molar-refractivity contribution >= 4 is 23.1 Å². The number of ketones is 1. The highest BCUT2D eigenvalue weighted by atomic mass is 32.1. The van der Waals surface area contributed by atoms with E-state index in [4.69, 9.17) is 5.11 Å². The molecular formula is C13H13NO3S. The topological polar surface area (TPSA) is 59.3 Å². The molecule has 18 heavy (non-hydrogen) atoms. The van der Waals surface area contributed by atoms with Crippen LogP contribution in [0.25, 0.3) is 0 Å². The highest BCUT2D eigenvalue weighted by molar-refractivity contribution is 7.12. The zero-order valence-corrected chi connectivity index (χ0v) is 11.0. The average molecular weight is 263 g/mol. The fraction of sp³-hybridized carbons (Fsp3) is 0.231. The molecule has 1 N–H and O–H groups in total. The highest BCUT2D eigenvalue weighted by Gasteiger charge is 2.19. The minimum atomic E-state index is -1.03.